The molecule has 0 saturated carbocycles. The molecular weight excluding hydrogens is 364 g/mol. The summed E-state index contributed by atoms with van der Waals surface area (Å²) in [4.78, 5) is 2.81. The Bertz CT molecular complexity index is 438. The molecule has 1 aliphatic rings. The molecule has 0 aromatic rings. The van der Waals surface area contributed by atoms with Crippen LogP contribution in [-0.2, 0) is 0 Å². The molecule has 0 aromatic heterocycles. The van der Waals surface area contributed by atoms with E-state index in [2.05, 4.69) is 45.6 Å². The number of rotatable bonds is 17. The van der Waals surface area contributed by atoms with Gasteiger partial charge in [-0.3, -0.25) is 4.90 Å². The minimum Gasteiger partial charge on any atom is -0.296 e. The highest BCUT2D eigenvalue weighted by molar-refractivity contribution is 5.02. The first-order chi connectivity index (χ1) is 14.6. The standard InChI is InChI=1S/C28H54N2/c1-6-8-10-12-14-16-18-20-27-26(23-29)25(5)22-28(24(3)4)30(27)21-19-17-15-13-11-9-7-2/h24-28H,6-22H2,1-5H3. The van der Waals surface area contributed by atoms with E-state index < -0.39 is 0 Å². The quantitative estimate of drug-likeness (QED) is 0.221. The van der Waals surface area contributed by atoms with Crippen LogP contribution >= 0.6 is 0 Å². The zero-order valence-corrected chi connectivity index (χ0v) is 21.3. The van der Waals surface area contributed by atoms with Crippen LogP contribution in [-0.4, -0.2) is 23.5 Å². The summed E-state index contributed by atoms with van der Waals surface area (Å²) in [5, 5.41) is 9.99. The molecule has 1 aliphatic heterocycles. The molecule has 1 saturated heterocycles. The number of nitriles is 1. The molecule has 30 heavy (non-hydrogen) atoms. The van der Waals surface area contributed by atoms with Crippen LogP contribution < -0.4 is 0 Å². The second-order valence-electron chi connectivity index (χ2n) is 10.5. The second kappa shape index (κ2) is 17.1. The maximum atomic E-state index is 9.99. The van der Waals surface area contributed by atoms with E-state index >= 15 is 0 Å². The average Bonchev–Trinajstić information content (AvgIpc) is 2.73. The Hall–Kier alpha value is -0.550. The number of hydrogen-bond donors (Lipinski definition) is 0. The van der Waals surface area contributed by atoms with Gasteiger partial charge in [0.2, 0.25) is 0 Å². The van der Waals surface area contributed by atoms with Gasteiger partial charge in [-0.25, -0.2) is 0 Å². The molecule has 2 heteroatoms. The van der Waals surface area contributed by atoms with Crippen molar-refractivity contribution in [1.29, 1.82) is 5.26 Å². The van der Waals surface area contributed by atoms with Gasteiger partial charge in [-0.05, 0) is 37.6 Å². The van der Waals surface area contributed by atoms with Crippen LogP contribution in [0.3, 0.4) is 0 Å². The maximum absolute atomic E-state index is 9.99. The Kier molecular flexibility index (Phi) is 15.6. The fourth-order valence-corrected chi connectivity index (χ4v) is 5.60. The van der Waals surface area contributed by atoms with Crippen molar-refractivity contribution in [3.63, 3.8) is 0 Å². The molecule has 0 amide bonds. The molecule has 1 heterocycles. The van der Waals surface area contributed by atoms with Gasteiger partial charge < -0.3 is 0 Å². The molecule has 0 spiro atoms. The van der Waals surface area contributed by atoms with Gasteiger partial charge >= 0.3 is 0 Å². The fraction of sp³-hybridized carbons (Fsp3) is 0.964. The van der Waals surface area contributed by atoms with E-state index in [-0.39, 0.29) is 5.92 Å². The predicted octanol–water partition coefficient (Wildman–Crippen LogP) is 8.75. The summed E-state index contributed by atoms with van der Waals surface area (Å²) in [6, 6.07) is 3.90. The van der Waals surface area contributed by atoms with E-state index in [0.717, 1.165) is 0 Å². The number of likely N-dealkylation sites (tertiary alicyclic amines) is 1. The highest BCUT2D eigenvalue weighted by Gasteiger charge is 2.41. The minimum absolute atomic E-state index is 0.227. The van der Waals surface area contributed by atoms with E-state index in [1.54, 1.807) is 0 Å². The molecule has 4 unspecified atom stereocenters. The summed E-state index contributed by atoms with van der Waals surface area (Å²) >= 11 is 0. The van der Waals surface area contributed by atoms with Gasteiger partial charge in [-0.15, -0.1) is 0 Å². The molecular formula is C28H54N2. The smallest absolute Gasteiger partial charge is 0.0675 e. The summed E-state index contributed by atoms with van der Waals surface area (Å²) in [6.45, 7) is 12.9. The third-order valence-electron chi connectivity index (χ3n) is 7.53. The van der Waals surface area contributed by atoms with Crippen LogP contribution in [0.25, 0.3) is 0 Å². The summed E-state index contributed by atoms with van der Waals surface area (Å²) in [5.74, 6) is 1.46. The van der Waals surface area contributed by atoms with Crippen molar-refractivity contribution in [2.75, 3.05) is 6.54 Å². The van der Waals surface area contributed by atoms with Crippen molar-refractivity contribution >= 4 is 0 Å². The SMILES string of the molecule is CCCCCCCCCC1C(C#N)C(C)CC(C(C)C)N1CCCCCCCCC. The normalized spacial score (nSPS) is 25.0. The Balaban J connectivity index is 2.59. The number of nitrogens with zero attached hydrogens (tertiary/aromatic N) is 2. The monoisotopic (exact) mass is 418 g/mol. The van der Waals surface area contributed by atoms with Crippen molar-refractivity contribution in [3.8, 4) is 6.07 Å². The molecule has 0 N–H and O–H groups in total. The van der Waals surface area contributed by atoms with Gasteiger partial charge in [0.25, 0.3) is 0 Å². The van der Waals surface area contributed by atoms with Gasteiger partial charge in [0, 0.05) is 12.1 Å². The van der Waals surface area contributed by atoms with Crippen molar-refractivity contribution in [2.24, 2.45) is 17.8 Å². The van der Waals surface area contributed by atoms with Crippen molar-refractivity contribution < 1.29 is 0 Å². The predicted molar refractivity (Wildman–Crippen MR) is 133 cm³/mol. The van der Waals surface area contributed by atoms with Crippen LogP contribution in [0.4, 0.5) is 0 Å². The minimum atomic E-state index is 0.227. The Labute approximate surface area is 190 Å². The lowest BCUT2D eigenvalue weighted by atomic mass is 9.74. The van der Waals surface area contributed by atoms with Crippen LogP contribution in [0.2, 0.25) is 0 Å². The largest absolute Gasteiger partial charge is 0.296 e. The third-order valence-corrected chi connectivity index (χ3v) is 7.53. The van der Waals surface area contributed by atoms with Crippen molar-refractivity contribution in [3.05, 3.63) is 0 Å². The van der Waals surface area contributed by atoms with Gasteiger partial charge in [-0.2, -0.15) is 5.26 Å². The van der Waals surface area contributed by atoms with Crippen molar-refractivity contribution in [1.82, 2.24) is 4.90 Å². The molecule has 0 aromatic carbocycles. The van der Waals surface area contributed by atoms with Gasteiger partial charge in [-0.1, -0.05) is 118 Å². The van der Waals surface area contributed by atoms with E-state index in [0.29, 0.717) is 23.9 Å². The first kappa shape index (κ1) is 27.5. The van der Waals surface area contributed by atoms with E-state index in [4.69, 9.17) is 0 Å². The zero-order chi connectivity index (χ0) is 22.2. The molecule has 1 rings (SSSR count). The van der Waals surface area contributed by atoms with E-state index in [1.807, 2.05) is 0 Å². The molecule has 4 atom stereocenters. The Morgan fingerprint density at radius 1 is 0.800 bits per heavy atom. The van der Waals surface area contributed by atoms with E-state index in [9.17, 15) is 5.26 Å². The first-order valence-electron chi connectivity index (χ1n) is 13.7. The van der Waals surface area contributed by atoms with Crippen molar-refractivity contribution in [2.45, 2.75) is 149 Å². The van der Waals surface area contributed by atoms with E-state index in [1.165, 1.54) is 109 Å². The van der Waals surface area contributed by atoms with Crippen LogP contribution in [0.15, 0.2) is 0 Å². The van der Waals surface area contributed by atoms with Crippen LogP contribution in [0.5, 0.6) is 0 Å². The molecule has 2 nitrogen and oxygen atoms in total. The third kappa shape index (κ3) is 10.2. The Morgan fingerprint density at radius 2 is 1.30 bits per heavy atom. The van der Waals surface area contributed by atoms with Crippen LogP contribution in [0, 0.1) is 29.1 Å². The molecule has 0 bridgehead atoms. The summed E-state index contributed by atoms with van der Waals surface area (Å²) in [5.41, 5.74) is 0. The zero-order valence-electron chi connectivity index (χ0n) is 21.3. The Morgan fingerprint density at radius 3 is 1.80 bits per heavy atom. The lowest BCUT2D eigenvalue weighted by molar-refractivity contribution is -0.000244. The highest BCUT2D eigenvalue weighted by Crippen LogP contribution is 2.38. The maximum Gasteiger partial charge on any atom is 0.0675 e. The second-order valence-corrected chi connectivity index (χ2v) is 10.5. The lowest BCUT2D eigenvalue weighted by Crippen LogP contribution is -2.55. The molecule has 0 radical (unpaired) electrons. The van der Waals surface area contributed by atoms with Gasteiger partial charge in [0.1, 0.15) is 0 Å². The first-order valence-corrected chi connectivity index (χ1v) is 13.7. The molecule has 1 fully saturated rings. The molecule has 176 valence electrons. The summed E-state index contributed by atoms with van der Waals surface area (Å²) < 4.78 is 0. The topological polar surface area (TPSA) is 27.0 Å². The number of hydrogen-bond acceptors (Lipinski definition) is 2. The average molecular weight is 419 g/mol. The van der Waals surface area contributed by atoms with Gasteiger partial charge in [0.15, 0.2) is 0 Å². The summed E-state index contributed by atoms with van der Waals surface area (Å²) in [6.07, 6.45) is 21.6. The number of unbranched alkanes of at least 4 members (excludes halogenated alkanes) is 12. The summed E-state index contributed by atoms with van der Waals surface area (Å²) in [7, 11) is 0. The van der Waals surface area contributed by atoms with Crippen LogP contribution in [0.1, 0.15) is 137 Å². The highest BCUT2D eigenvalue weighted by atomic mass is 15.2. The van der Waals surface area contributed by atoms with Gasteiger partial charge in [0.05, 0.1) is 12.0 Å². The fourth-order valence-electron chi connectivity index (χ4n) is 5.60. The lowest BCUT2D eigenvalue weighted by Gasteiger charge is -2.49. The molecule has 0 aliphatic carbocycles. The number of piperidine rings is 1.